The number of pyridine rings is 1. The van der Waals surface area contributed by atoms with E-state index in [0.717, 1.165) is 44.7 Å². The van der Waals surface area contributed by atoms with Crippen LogP contribution in [0.15, 0.2) is 41.4 Å². The van der Waals surface area contributed by atoms with Gasteiger partial charge in [0.15, 0.2) is 0 Å². The van der Waals surface area contributed by atoms with Gasteiger partial charge in [0.2, 0.25) is 0 Å². The zero-order valence-corrected chi connectivity index (χ0v) is 14.2. The molecule has 1 aromatic carbocycles. The normalized spacial score (nSPS) is 11.3. The molecular formula is C19H18N4O. The molecule has 0 spiro atoms. The summed E-state index contributed by atoms with van der Waals surface area (Å²) in [4.78, 5) is 8.87. The molecule has 0 bridgehead atoms. The standard InChI is InChI=1S/C19H18N4O/c1-11-5-6-20-9-16(11)15-7-14(18-12(2)22-24-13(18)3)8-17-19(15)23(4)10-21-17/h5-10H,1-4H3. The first kappa shape index (κ1) is 14.6. The molecule has 0 radical (unpaired) electrons. The lowest BCUT2D eigenvalue weighted by Crippen LogP contribution is -1.93. The maximum atomic E-state index is 5.35. The van der Waals surface area contributed by atoms with Crippen LogP contribution in [0.3, 0.4) is 0 Å². The fourth-order valence-electron chi connectivity index (χ4n) is 3.29. The lowest BCUT2D eigenvalue weighted by molar-refractivity contribution is 0.393. The first-order chi connectivity index (χ1) is 11.6. The minimum absolute atomic E-state index is 0.816. The molecule has 0 amide bonds. The predicted octanol–water partition coefficient (Wildman–Crippen LogP) is 4.22. The molecule has 0 atom stereocenters. The van der Waals surface area contributed by atoms with Gasteiger partial charge in [-0.05, 0) is 50.1 Å². The van der Waals surface area contributed by atoms with E-state index >= 15 is 0 Å². The summed E-state index contributed by atoms with van der Waals surface area (Å²) >= 11 is 0. The molecule has 0 aliphatic rings. The fraction of sp³-hybridized carbons (Fsp3) is 0.211. The monoisotopic (exact) mass is 318 g/mol. The van der Waals surface area contributed by atoms with E-state index < -0.39 is 0 Å². The van der Waals surface area contributed by atoms with Gasteiger partial charge >= 0.3 is 0 Å². The van der Waals surface area contributed by atoms with Crippen LogP contribution in [0.5, 0.6) is 0 Å². The Morgan fingerprint density at radius 1 is 1.08 bits per heavy atom. The summed E-state index contributed by atoms with van der Waals surface area (Å²) in [5.41, 5.74) is 8.45. The molecule has 3 aromatic heterocycles. The van der Waals surface area contributed by atoms with E-state index in [4.69, 9.17) is 4.52 Å². The molecule has 0 saturated heterocycles. The van der Waals surface area contributed by atoms with Gasteiger partial charge in [0.05, 0.1) is 23.1 Å². The van der Waals surface area contributed by atoms with Crippen LogP contribution in [0.4, 0.5) is 0 Å². The van der Waals surface area contributed by atoms with Gasteiger partial charge in [-0.25, -0.2) is 4.98 Å². The minimum atomic E-state index is 0.816. The van der Waals surface area contributed by atoms with E-state index in [1.807, 2.05) is 50.2 Å². The molecule has 0 saturated carbocycles. The summed E-state index contributed by atoms with van der Waals surface area (Å²) in [5, 5.41) is 4.08. The largest absolute Gasteiger partial charge is 0.361 e. The van der Waals surface area contributed by atoms with Gasteiger partial charge in [0, 0.05) is 36.1 Å². The highest BCUT2D eigenvalue weighted by molar-refractivity contribution is 5.97. The average Bonchev–Trinajstić information content (AvgIpc) is 3.10. The molecule has 0 unspecified atom stereocenters. The van der Waals surface area contributed by atoms with Gasteiger partial charge in [0.25, 0.3) is 0 Å². The van der Waals surface area contributed by atoms with Crippen molar-refractivity contribution in [1.82, 2.24) is 19.7 Å². The summed E-state index contributed by atoms with van der Waals surface area (Å²) in [7, 11) is 2.01. The lowest BCUT2D eigenvalue weighted by Gasteiger charge is -2.11. The van der Waals surface area contributed by atoms with Crippen LogP contribution in [0, 0.1) is 20.8 Å². The lowest BCUT2D eigenvalue weighted by atomic mass is 9.95. The molecule has 3 heterocycles. The van der Waals surface area contributed by atoms with Crippen LogP contribution in [-0.2, 0) is 7.05 Å². The molecule has 0 fully saturated rings. The van der Waals surface area contributed by atoms with Crippen LogP contribution >= 0.6 is 0 Å². The number of hydrogen-bond acceptors (Lipinski definition) is 4. The number of imidazole rings is 1. The highest BCUT2D eigenvalue weighted by Crippen LogP contribution is 2.36. The third kappa shape index (κ3) is 2.12. The Balaban J connectivity index is 2.09. The summed E-state index contributed by atoms with van der Waals surface area (Å²) in [6, 6.07) is 6.30. The number of benzene rings is 1. The van der Waals surface area contributed by atoms with Crippen LogP contribution < -0.4 is 0 Å². The summed E-state index contributed by atoms with van der Waals surface area (Å²) in [6.45, 7) is 6.00. The smallest absolute Gasteiger partial charge is 0.141 e. The number of aromatic nitrogens is 4. The van der Waals surface area contributed by atoms with Crippen LogP contribution in [0.25, 0.3) is 33.3 Å². The number of aryl methyl sites for hydroxylation is 4. The Morgan fingerprint density at radius 2 is 1.92 bits per heavy atom. The molecule has 5 nitrogen and oxygen atoms in total. The van der Waals surface area contributed by atoms with Gasteiger partial charge in [-0.3, -0.25) is 4.98 Å². The zero-order valence-electron chi connectivity index (χ0n) is 14.2. The minimum Gasteiger partial charge on any atom is -0.361 e. The Hall–Kier alpha value is -2.95. The van der Waals surface area contributed by atoms with Crippen molar-refractivity contribution in [3.05, 3.63) is 53.9 Å². The first-order valence-electron chi connectivity index (χ1n) is 7.85. The van der Waals surface area contributed by atoms with E-state index in [9.17, 15) is 0 Å². The van der Waals surface area contributed by atoms with Crippen LogP contribution in [0.2, 0.25) is 0 Å². The molecule has 120 valence electrons. The predicted molar refractivity (Wildman–Crippen MR) is 93.7 cm³/mol. The Labute approximate surface area is 140 Å². The van der Waals surface area contributed by atoms with E-state index in [2.05, 4.69) is 34.2 Å². The molecule has 4 aromatic rings. The van der Waals surface area contributed by atoms with Crippen molar-refractivity contribution in [2.45, 2.75) is 20.8 Å². The Morgan fingerprint density at radius 3 is 2.62 bits per heavy atom. The van der Waals surface area contributed by atoms with Crippen molar-refractivity contribution in [2.24, 2.45) is 7.05 Å². The fourth-order valence-corrected chi connectivity index (χ4v) is 3.29. The molecule has 5 heteroatoms. The summed E-state index contributed by atoms with van der Waals surface area (Å²) in [6.07, 6.45) is 5.57. The molecule has 0 aliphatic heterocycles. The molecule has 24 heavy (non-hydrogen) atoms. The topological polar surface area (TPSA) is 56.7 Å². The number of fused-ring (bicyclic) bond motifs is 1. The quantitative estimate of drug-likeness (QED) is 0.555. The SMILES string of the molecule is Cc1ccncc1-c1cc(-c2c(C)noc2C)cc2ncn(C)c12. The second-order valence-corrected chi connectivity index (χ2v) is 6.14. The highest BCUT2D eigenvalue weighted by Gasteiger charge is 2.17. The Bertz CT molecular complexity index is 1040. The van der Waals surface area contributed by atoms with Gasteiger partial charge < -0.3 is 9.09 Å². The highest BCUT2D eigenvalue weighted by atomic mass is 16.5. The molecule has 0 aliphatic carbocycles. The van der Waals surface area contributed by atoms with Crippen molar-refractivity contribution >= 4 is 11.0 Å². The first-order valence-corrected chi connectivity index (χ1v) is 7.85. The summed E-state index contributed by atoms with van der Waals surface area (Å²) < 4.78 is 7.40. The van der Waals surface area contributed by atoms with Crippen molar-refractivity contribution in [2.75, 3.05) is 0 Å². The van der Waals surface area contributed by atoms with Gasteiger partial charge in [0.1, 0.15) is 5.76 Å². The summed E-state index contributed by atoms with van der Waals surface area (Å²) in [5.74, 6) is 0.816. The van der Waals surface area contributed by atoms with Gasteiger partial charge in [-0.15, -0.1) is 0 Å². The molecule has 0 N–H and O–H groups in total. The van der Waals surface area contributed by atoms with Crippen molar-refractivity contribution < 1.29 is 4.52 Å². The number of hydrogen-bond donors (Lipinski definition) is 0. The average molecular weight is 318 g/mol. The second kappa shape index (κ2) is 5.30. The van der Waals surface area contributed by atoms with Crippen LogP contribution in [0.1, 0.15) is 17.0 Å². The van der Waals surface area contributed by atoms with Crippen molar-refractivity contribution in [3.8, 4) is 22.3 Å². The number of rotatable bonds is 2. The van der Waals surface area contributed by atoms with Gasteiger partial charge in [-0.1, -0.05) is 5.16 Å². The third-order valence-corrected chi connectivity index (χ3v) is 4.46. The Kier molecular flexibility index (Phi) is 3.23. The second-order valence-electron chi connectivity index (χ2n) is 6.14. The third-order valence-electron chi connectivity index (χ3n) is 4.46. The van der Waals surface area contributed by atoms with E-state index in [0.29, 0.717) is 0 Å². The molecular weight excluding hydrogens is 300 g/mol. The number of nitrogens with zero attached hydrogens (tertiary/aromatic N) is 4. The van der Waals surface area contributed by atoms with E-state index in [1.165, 1.54) is 5.56 Å². The zero-order chi connectivity index (χ0) is 16.8. The van der Waals surface area contributed by atoms with Crippen molar-refractivity contribution in [3.63, 3.8) is 0 Å². The maximum absolute atomic E-state index is 5.35. The van der Waals surface area contributed by atoms with E-state index in [-0.39, 0.29) is 0 Å². The van der Waals surface area contributed by atoms with Crippen molar-refractivity contribution in [1.29, 1.82) is 0 Å². The molecule has 4 rings (SSSR count). The van der Waals surface area contributed by atoms with Gasteiger partial charge in [-0.2, -0.15) is 0 Å². The maximum Gasteiger partial charge on any atom is 0.141 e. The van der Waals surface area contributed by atoms with Crippen LogP contribution in [-0.4, -0.2) is 19.7 Å². The van der Waals surface area contributed by atoms with E-state index in [1.54, 1.807) is 0 Å².